The lowest BCUT2D eigenvalue weighted by Crippen LogP contribution is -2.55. The quantitative estimate of drug-likeness (QED) is 0.461. The number of phenolic OH excluding ortho intramolecular Hbond substituents is 1. The highest BCUT2D eigenvalue weighted by Crippen LogP contribution is 2.29. The summed E-state index contributed by atoms with van der Waals surface area (Å²) in [5, 5.41) is 10.1. The van der Waals surface area contributed by atoms with Crippen molar-refractivity contribution in [3.05, 3.63) is 101 Å². The maximum absolute atomic E-state index is 13.3. The average molecular weight is 442 g/mol. The third-order valence-electron chi connectivity index (χ3n) is 5.29. The molecule has 0 atom stereocenters. The van der Waals surface area contributed by atoms with Crippen LogP contribution < -0.4 is 4.74 Å². The van der Waals surface area contributed by atoms with Crippen LogP contribution in [0.2, 0.25) is 0 Å². The van der Waals surface area contributed by atoms with E-state index in [2.05, 4.69) is 0 Å². The number of imide groups is 2. The fraction of sp³-hybridized carbons (Fsp3) is 0.115. The van der Waals surface area contributed by atoms with Gasteiger partial charge in [-0.05, 0) is 34.9 Å². The van der Waals surface area contributed by atoms with Gasteiger partial charge in [-0.1, -0.05) is 66.7 Å². The Morgan fingerprint density at radius 1 is 0.788 bits per heavy atom. The Kier molecular flexibility index (Phi) is 6.22. The lowest BCUT2D eigenvalue weighted by Gasteiger charge is -2.34. The van der Waals surface area contributed by atoms with Gasteiger partial charge in [-0.3, -0.25) is 19.4 Å². The highest BCUT2D eigenvalue weighted by molar-refractivity contribution is 6.30. The molecule has 166 valence electrons. The predicted molar refractivity (Wildman–Crippen MR) is 122 cm³/mol. The van der Waals surface area contributed by atoms with Crippen LogP contribution in [0, 0.1) is 0 Å². The Labute approximate surface area is 191 Å². The largest absolute Gasteiger partial charge is 0.504 e. The monoisotopic (exact) mass is 442 g/mol. The molecule has 0 bridgehead atoms. The molecule has 0 spiro atoms. The van der Waals surface area contributed by atoms with E-state index >= 15 is 0 Å². The first-order valence-electron chi connectivity index (χ1n) is 10.3. The van der Waals surface area contributed by atoms with E-state index in [4.69, 9.17) is 4.74 Å². The van der Waals surface area contributed by atoms with Crippen LogP contribution in [0.3, 0.4) is 0 Å². The molecule has 1 N–H and O–H groups in total. The van der Waals surface area contributed by atoms with E-state index in [9.17, 15) is 19.5 Å². The van der Waals surface area contributed by atoms with E-state index < -0.39 is 17.8 Å². The number of hydrogen-bond donors (Lipinski definition) is 1. The van der Waals surface area contributed by atoms with Crippen molar-refractivity contribution < 1.29 is 24.2 Å². The summed E-state index contributed by atoms with van der Waals surface area (Å²) in [7, 11) is 1.43. The van der Waals surface area contributed by atoms with Gasteiger partial charge >= 0.3 is 6.03 Å². The van der Waals surface area contributed by atoms with Gasteiger partial charge < -0.3 is 9.84 Å². The minimum Gasteiger partial charge on any atom is -0.504 e. The van der Waals surface area contributed by atoms with Gasteiger partial charge in [0.15, 0.2) is 11.5 Å². The van der Waals surface area contributed by atoms with E-state index in [1.165, 1.54) is 25.3 Å². The molecule has 1 fully saturated rings. The topological polar surface area (TPSA) is 87.2 Å². The first kappa shape index (κ1) is 21.8. The second-order valence-electron chi connectivity index (χ2n) is 7.53. The molecule has 1 saturated heterocycles. The molecule has 3 aromatic carbocycles. The molecule has 0 saturated carbocycles. The van der Waals surface area contributed by atoms with Crippen LogP contribution in [0.1, 0.15) is 16.7 Å². The van der Waals surface area contributed by atoms with E-state index in [0.717, 1.165) is 20.9 Å². The van der Waals surface area contributed by atoms with Crippen LogP contribution in [0.4, 0.5) is 4.79 Å². The molecule has 4 amide bonds. The van der Waals surface area contributed by atoms with Crippen LogP contribution in [-0.2, 0) is 22.7 Å². The Hall–Kier alpha value is -4.39. The maximum atomic E-state index is 13.3. The van der Waals surface area contributed by atoms with Gasteiger partial charge in [0.05, 0.1) is 20.2 Å². The third-order valence-corrected chi connectivity index (χ3v) is 5.29. The summed E-state index contributed by atoms with van der Waals surface area (Å²) in [4.78, 5) is 41.9. The fourth-order valence-electron chi connectivity index (χ4n) is 3.60. The van der Waals surface area contributed by atoms with Crippen molar-refractivity contribution in [3.63, 3.8) is 0 Å². The number of urea groups is 1. The molecule has 7 heteroatoms. The SMILES string of the molecule is COc1ccc(C=C2C(=O)N(Cc3ccccc3)C(=O)N(Cc3ccccc3)C2=O)cc1O. The molecule has 0 aliphatic carbocycles. The highest BCUT2D eigenvalue weighted by Gasteiger charge is 2.41. The van der Waals surface area contributed by atoms with Crippen molar-refractivity contribution >= 4 is 23.9 Å². The number of rotatable bonds is 6. The standard InChI is InChI=1S/C26H22N2O5/c1-33-23-13-12-20(15-22(23)29)14-21-24(30)27(16-18-8-4-2-5-9-18)26(32)28(25(21)31)17-19-10-6-3-7-11-19/h2-15,29H,16-17H2,1H3. The van der Waals surface area contributed by atoms with E-state index in [0.29, 0.717) is 5.56 Å². The molecule has 7 nitrogen and oxygen atoms in total. The van der Waals surface area contributed by atoms with Gasteiger partial charge in [0.2, 0.25) is 0 Å². The minimum absolute atomic E-state index is 0.0300. The lowest BCUT2D eigenvalue weighted by atomic mass is 10.0. The fourth-order valence-corrected chi connectivity index (χ4v) is 3.60. The molecule has 1 aliphatic heterocycles. The smallest absolute Gasteiger partial charge is 0.334 e. The molecule has 0 unspecified atom stereocenters. The number of benzene rings is 3. The minimum atomic E-state index is -0.687. The molecular weight excluding hydrogens is 420 g/mol. The highest BCUT2D eigenvalue weighted by atomic mass is 16.5. The molecule has 33 heavy (non-hydrogen) atoms. The van der Waals surface area contributed by atoms with Gasteiger partial charge in [-0.2, -0.15) is 0 Å². The van der Waals surface area contributed by atoms with Crippen molar-refractivity contribution in [1.82, 2.24) is 9.80 Å². The summed E-state index contributed by atoms with van der Waals surface area (Å²) in [6.07, 6.45) is 1.38. The predicted octanol–water partition coefficient (Wildman–Crippen LogP) is 3.98. The summed E-state index contributed by atoms with van der Waals surface area (Å²) in [6.45, 7) is 0.0601. The van der Waals surface area contributed by atoms with Crippen molar-refractivity contribution in [2.24, 2.45) is 0 Å². The number of phenols is 1. The number of nitrogens with zero attached hydrogens (tertiary/aromatic N) is 2. The zero-order chi connectivity index (χ0) is 23.4. The van der Waals surface area contributed by atoms with E-state index in [1.54, 1.807) is 6.07 Å². The molecule has 0 aromatic heterocycles. The first-order valence-corrected chi connectivity index (χ1v) is 10.3. The zero-order valence-corrected chi connectivity index (χ0v) is 18.0. The number of ether oxygens (including phenoxy) is 1. The van der Waals surface area contributed by atoms with Crippen LogP contribution in [-0.4, -0.2) is 39.9 Å². The number of carbonyl (C=O) groups is 3. The van der Waals surface area contributed by atoms with Crippen LogP contribution in [0.15, 0.2) is 84.4 Å². The number of methoxy groups -OCH3 is 1. The summed E-state index contributed by atoms with van der Waals surface area (Å²) in [5.74, 6) is -1.23. The summed E-state index contributed by atoms with van der Waals surface area (Å²) in [6, 6.07) is 22.1. The Balaban J connectivity index is 1.73. The number of hydrogen-bond acceptors (Lipinski definition) is 5. The third kappa shape index (κ3) is 4.62. The van der Waals surface area contributed by atoms with E-state index in [1.807, 2.05) is 60.7 Å². The van der Waals surface area contributed by atoms with Gasteiger partial charge in [-0.25, -0.2) is 4.79 Å². The molecule has 4 rings (SSSR count). The van der Waals surface area contributed by atoms with Crippen LogP contribution >= 0.6 is 0 Å². The Morgan fingerprint density at radius 2 is 1.30 bits per heavy atom. The number of amides is 4. The number of carbonyl (C=O) groups excluding carboxylic acids is 3. The molecule has 0 radical (unpaired) electrons. The second kappa shape index (κ2) is 9.40. The van der Waals surface area contributed by atoms with Crippen molar-refractivity contribution in [1.29, 1.82) is 0 Å². The molecular formula is C26H22N2O5. The molecule has 1 heterocycles. The number of aromatic hydroxyl groups is 1. The molecule has 1 aliphatic rings. The zero-order valence-electron chi connectivity index (χ0n) is 18.0. The van der Waals surface area contributed by atoms with Crippen LogP contribution in [0.5, 0.6) is 11.5 Å². The van der Waals surface area contributed by atoms with Gasteiger partial charge in [-0.15, -0.1) is 0 Å². The van der Waals surface area contributed by atoms with Crippen LogP contribution in [0.25, 0.3) is 6.08 Å². The van der Waals surface area contributed by atoms with Gasteiger partial charge in [0.1, 0.15) is 5.57 Å². The normalized spacial score (nSPS) is 14.0. The van der Waals surface area contributed by atoms with Crippen molar-refractivity contribution in [2.75, 3.05) is 7.11 Å². The summed E-state index contributed by atoms with van der Waals surface area (Å²) >= 11 is 0. The van der Waals surface area contributed by atoms with Crippen molar-refractivity contribution in [3.8, 4) is 11.5 Å². The second-order valence-corrected chi connectivity index (χ2v) is 7.53. The molecule has 3 aromatic rings. The Morgan fingerprint density at radius 3 is 1.76 bits per heavy atom. The van der Waals surface area contributed by atoms with E-state index in [-0.39, 0.29) is 30.2 Å². The Bertz CT molecular complexity index is 1160. The summed E-state index contributed by atoms with van der Waals surface area (Å²) in [5.41, 5.74) is 1.79. The first-order chi connectivity index (χ1) is 16.0. The summed E-state index contributed by atoms with van der Waals surface area (Å²) < 4.78 is 5.05. The maximum Gasteiger partial charge on any atom is 0.334 e. The van der Waals surface area contributed by atoms with Crippen molar-refractivity contribution in [2.45, 2.75) is 13.1 Å². The van der Waals surface area contributed by atoms with Gasteiger partial charge in [0.25, 0.3) is 11.8 Å². The number of barbiturate groups is 1. The lowest BCUT2D eigenvalue weighted by molar-refractivity contribution is -0.136. The van der Waals surface area contributed by atoms with Gasteiger partial charge in [0, 0.05) is 0 Å². The average Bonchev–Trinajstić information content (AvgIpc) is 2.84.